The highest BCUT2D eigenvalue weighted by molar-refractivity contribution is 6.30. The average Bonchev–Trinajstić information content (AvgIpc) is 2.08. The number of benzene rings is 1. The highest BCUT2D eigenvalue weighted by atomic mass is 35.5. The molecule has 0 aliphatic heterocycles. The van der Waals surface area contributed by atoms with Crippen molar-refractivity contribution in [1.29, 1.82) is 0 Å². The number of nitrogens with two attached hydrogens (primary N) is 1. The van der Waals surface area contributed by atoms with Gasteiger partial charge in [0.2, 0.25) is 0 Å². The molecule has 0 aliphatic carbocycles. The summed E-state index contributed by atoms with van der Waals surface area (Å²) < 4.78 is 24.3. The van der Waals surface area contributed by atoms with Crippen molar-refractivity contribution in [2.45, 2.75) is 12.5 Å². The molecule has 0 unspecified atom stereocenters. The number of rotatable bonds is 2. The van der Waals surface area contributed by atoms with Gasteiger partial charge in [-0.25, -0.2) is 8.78 Å². The SMILES string of the molecule is N[C@H](c1cc(Cl)ccc1O)C(F)F. The van der Waals surface area contributed by atoms with Gasteiger partial charge in [-0.1, -0.05) is 11.6 Å². The first kappa shape index (κ1) is 10.2. The Bertz CT molecular complexity index is 306. The molecular formula is C8H8ClF2NO. The Hall–Kier alpha value is -0.870. The predicted molar refractivity (Wildman–Crippen MR) is 46.0 cm³/mol. The monoisotopic (exact) mass is 207 g/mol. The Labute approximate surface area is 78.9 Å². The Kier molecular flexibility index (Phi) is 3.06. The van der Waals surface area contributed by atoms with Crippen molar-refractivity contribution in [3.63, 3.8) is 0 Å². The smallest absolute Gasteiger partial charge is 0.257 e. The predicted octanol–water partition coefficient (Wildman–Crippen LogP) is 2.31. The number of halogens is 3. The maximum atomic E-state index is 12.1. The maximum absolute atomic E-state index is 12.1. The highest BCUT2D eigenvalue weighted by Gasteiger charge is 2.20. The standard InChI is InChI=1S/C8H8ClF2NO/c9-4-1-2-6(13)5(3-4)7(12)8(10)11/h1-3,7-8,13H,12H2/t7-/m1/s1. The fourth-order valence-corrected chi connectivity index (χ4v) is 1.11. The van der Waals surface area contributed by atoms with Crippen molar-refractivity contribution >= 4 is 11.6 Å². The molecule has 0 spiro atoms. The number of alkyl halides is 2. The van der Waals surface area contributed by atoms with Crippen molar-refractivity contribution < 1.29 is 13.9 Å². The molecule has 3 N–H and O–H groups in total. The van der Waals surface area contributed by atoms with Gasteiger partial charge in [-0.2, -0.15) is 0 Å². The van der Waals surface area contributed by atoms with Crippen LogP contribution in [-0.2, 0) is 0 Å². The van der Waals surface area contributed by atoms with E-state index >= 15 is 0 Å². The second-order valence-electron chi connectivity index (χ2n) is 2.56. The van der Waals surface area contributed by atoms with Crippen LogP contribution in [0.1, 0.15) is 11.6 Å². The van der Waals surface area contributed by atoms with E-state index in [1.807, 2.05) is 0 Å². The number of hydrogen-bond acceptors (Lipinski definition) is 2. The zero-order valence-electron chi connectivity index (χ0n) is 6.55. The van der Waals surface area contributed by atoms with Crippen LogP contribution in [0.3, 0.4) is 0 Å². The second-order valence-corrected chi connectivity index (χ2v) is 3.00. The minimum Gasteiger partial charge on any atom is -0.508 e. The summed E-state index contributed by atoms with van der Waals surface area (Å²) in [5, 5.41) is 9.45. The first-order valence-electron chi connectivity index (χ1n) is 3.54. The van der Waals surface area contributed by atoms with Crippen LogP contribution in [-0.4, -0.2) is 11.5 Å². The van der Waals surface area contributed by atoms with Crippen LogP contribution in [0.2, 0.25) is 5.02 Å². The van der Waals surface area contributed by atoms with Crippen LogP contribution in [0.4, 0.5) is 8.78 Å². The minimum atomic E-state index is -2.72. The summed E-state index contributed by atoms with van der Waals surface area (Å²) in [7, 11) is 0. The van der Waals surface area contributed by atoms with Crippen molar-refractivity contribution in [2.24, 2.45) is 5.73 Å². The summed E-state index contributed by atoms with van der Waals surface area (Å²) in [5.74, 6) is -0.266. The molecule has 0 radical (unpaired) electrons. The Morgan fingerprint density at radius 3 is 2.54 bits per heavy atom. The summed E-state index contributed by atoms with van der Waals surface area (Å²) in [5.41, 5.74) is 5.10. The van der Waals surface area contributed by atoms with Crippen LogP contribution in [0.5, 0.6) is 5.75 Å². The molecule has 72 valence electrons. The molecule has 1 aromatic rings. The van der Waals surface area contributed by atoms with Gasteiger partial charge < -0.3 is 10.8 Å². The van der Waals surface area contributed by atoms with Crippen LogP contribution in [0.25, 0.3) is 0 Å². The van der Waals surface area contributed by atoms with Gasteiger partial charge in [0.1, 0.15) is 5.75 Å². The van der Waals surface area contributed by atoms with E-state index in [4.69, 9.17) is 17.3 Å². The number of phenolic OH excluding ortho intramolecular Hbond substituents is 1. The maximum Gasteiger partial charge on any atom is 0.257 e. The lowest BCUT2D eigenvalue weighted by Gasteiger charge is -2.12. The number of aromatic hydroxyl groups is 1. The van der Waals surface area contributed by atoms with Gasteiger partial charge in [0.05, 0.1) is 6.04 Å². The van der Waals surface area contributed by atoms with Crippen LogP contribution >= 0.6 is 11.6 Å². The molecule has 2 nitrogen and oxygen atoms in total. The molecule has 0 heterocycles. The number of hydrogen-bond donors (Lipinski definition) is 2. The first-order valence-corrected chi connectivity index (χ1v) is 3.92. The molecule has 13 heavy (non-hydrogen) atoms. The van der Waals surface area contributed by atoms with Gasteiger partial charge >= 0.3 is 0 Å². The van der Waals surface area contributed by atoms with Gasteiger partial charge in [0.15, 0.2) is 0 Å². The third-order valence-corrected chi connectivity index (χ3v) is 1.86. The topological polar surface area (TPSA) is 46.2 Å². The lowest BCUT2D eigenvalue weighted by molar-refractivity contribution is 0.115. The summed E-state index contributed by atoms with van der Waals surface area (Å²) in [4.78, 5) is 0. The fraction of sp³-hybridized carbons (Fsp3) is 0.250. The van der Waals surface area contributed by atoms with Crippen LogP contribution in [0.15, 0.2) is 18.2 Å². The van der Waals surface area contributed by atoms with E-state index in [9.17, 15) is 13.9 Å². The van der Waals surface area contributed by atoms with Gasteiger partial charge in [0, 0.05) is 10.6 Å². The lowest BCUT2D eigenvalue weighted by atomic mass is 10.1. The molecule has 0 fully saturated rings. The molecule has 0 saturated carbocycles. The molecule has 0 aliphatic rings. The Morgan fingerprint density at radius 1 is 1.38 bits per heavy atom. The molecular weight excluding hydrogens is 200 g/mol. The first-order chi connectivity index (χ1) is 6.02. The molecule has 0 saturated heterocycles. The van der Waals surface area contributed by atoms with E-state index < -0.39 is 12.5 Å². The molecule has 5 heteroatoms. The summed E-state index contributed by atoms with van der Waals surface area (Å²) in [6, 6.07) is 2.37. The molecule has 0 amide bonds. The van der Waals surface area contributed by atoms with Gasteiger partial charge in [-0.15, -0.1) is 0 Å². The van der Waals surface area contributed by atoms with Crippen molar-refractivity contribution in [2.75, 3.05) is 0 Å². The third-order valence-electron chi connectivity index (χ3n) is 1.62. The van der Waals surface area contributed by atoms with Crippen LogP contribution in [0, 0.1) is 0 Å². The summed E-state index contributed by atoms with van der Waals surface area (Å²) in [6.07, 6.45) is -2.72. The zero-order valence-corrected chi connectivity index (χ0v) is 7.30. The molecule has 1 rings (SSSR count). The minimum absolute atomic E-state index is 0.0394. The molecule has 1 aromatic carbocycles. The normalized spacial score (nSPS) is 13.3. The molecule has 0 bridgehead atoms. The van der Waals surface area contributed by atoms with Crippen molar-refractivity contribution in [3.05, 3.63) is 28.8 Å². The Balaban J connectivity index is 3.05. The Morgan fingerprint density at radius 2 is 2.00 bits per heavy atom. The van der Waals surface area contributed by atoms with Gasteiger partial charge in [-0.05, 0) is 18.2 Å². The van der Waals surface area contributed by atoms with E-state index in [-0.39, 0.29) is 16.3 Å². The average molecular weight is 208 g/mol. The van der Waals surface area contributed by atoms with E-state index in [0.29, 0.717) is 0 Å². The van der Waals surface area contributed by atoms with Crippen molar-refractivity contribution in [1.82, 2.24) is 0 Å². The van der Waals surface area contributed by atoms with E-state index in [2.05, 4.69) is 0 Å². The largest absolute Gasteiger partial charge is 0.508 e. The molecule has 0 aromatic heterocycles. The van der Waals surface area contributed by atoms with Crippen molar-refractivity contribution in [3.8, 4) is 5.75 Å². The quantitative estimate of drug-likeness (QED) is 0.782. The molecule has 1 atom stereocenters. The lowest BCUT2D eigenvalue weighted by Crippen LogP contribution is -2.18. The fourth-order valence-electron chi connectivity index (χ4n) is 0.928. The van der Waals surface area contributed by atoms with Gasteiger partial charge in [-0.3, -0.25) is 0 Å². The van der Waals surface area contributed by atoms with Crippen LogP contribution < -0.4 is 5.73 Å². The van der Waals surface area contributed by atoms with E-state index in [0.717, 1.165) is 0 Å². The zero-order chi connectivity index (χ0) is 10.0. The van der Waals surface area contributed by atoms with Gasteiger partial charge in [0.25, 0.3) is 6.43 Å². The number of phenols is 1. The summed E-state index contributed by atoms with van der Waals surface area (Å²) in [6.45, 7) is 0. The second kappa shape index (κ2) is 3.89. The van der Waals surface area contributed by atoms with E-state index in [1.54, 1.807) is 0 Å². The highest BCUT2D eigenvalue weighted by Crippen LogP contribution is 2.29. The summed E-state index contributed by atoms with van der Waals surface area (Å²) >= 11 is 5.55. The van der Waals surface area contributed by atoms with E-state index in [1.165, 1.54) is 18.2 Å². The third kappa shape index (κ3) is 2.29.